The van der Waals surface area contributed by atoms with Crippen LogP contribution in [0, 0.1) is 19.7 Å². The van der Waals surface area contributed by atoms with Crippen LogP contribution in [0.15, 0.2) is 47.6 Å². The molecule has 2 aromatic carbocycles. The van der Waals surface area contributed by atoms with E-state index in [4.69, 9.17) is 5.84 Å². The number of hydrazine groups is 1. The Kier molecular flexibility index (Phi) is 8.72. The zero-order valence-corrected chi connectivity index (χ0v) is 17.7. The third kappa shape index (κ3) is 7.40. The van der Waals surface area contributed by atoms with E-state index in [9.17, 15) is 23.6 Å². The van der Waals surface area contributed by atoms with Gasteiger partial charge in [-0.3, -0.25) is 24.6 Å². The van der Waals surface area contributed by atoms with Gasteiger partial charge in [0.1, 0.15) is 5.82 Å². The lowest BCUT2D eigenvalue weighted by molar-refractivity contribution is -0.139. The number of halogens is 1. The quantitative estimate of drug-likeness (QED) is 0.124. The van der Waals surface area contributed by atoms with Crippen molar-refractivity contribution in [3.05, 3.63) is 65.0 Å². The number of nitrogens with one attached hydrogen (secondary N) is 3. The number of anilines is 1. The number of ketones is 1. The van der Waals surface area contributed by atoms with Crippen LogP contribution in [0.3, 0.4) is 0 Å². The number of benzene rings is 2. The molecule has 32 heavy (non-hydrogen) atoms. The zero-order valence-electron chi connectivity index (χ0n) is 17.7. The molecule has 0 atom stereocenters. The number of hydrogen-bond donors (Lipinski definition) is 4. The fraction of sp³-hybridized carbons (Fsp3) is 0.227. The molecule has 168 valence electrons. The Bertz CT molecular complexity index is 1050. The number of aryl methyl sites for hydroxylation is 2. The minimum atomic E-state index is -1.13. The molecule has 0 aromatic heterocycles. The lowest BCUT2D eigenvalue weighted by Crippen LogP contribution is -2.41. The van der Waals surface area contributed by atoms with Crippen LogP contribution in [-0.2, 0) is 14.4 Å². The minimum Gasteiger partial charge on any atom is -0.326 e. The Morgan fingerprint density at radius 2 is 1.62 bits per heavy atom. The van der Waals surface area contributed by atoms with E-state index in [0.29, 0.717) is 5.69 Å². The van der Waals surface area contributed by atoms with Gasteiger partial charge in [-0.05, 0) is 67.8 Å². The molecule has 0 aliphatic carbocycles. The number of hydrazone groups is 1. The Labute approximate surface area is 184 Å². The first-order valence-electron chi connectivity index (χ1n) is 9.71. The highest BCUT2D eigenvalue weighted by Crippen LogP contribution is 2.15. The summed E-state index contributed by atoms with van der Waals surface area (Å²) in [5.41, 5.74) is 6.81. The average molecular weight is 441 g/mol. The first kappa shape index (κ1) is 24.4. The van der Waals surface area contributed by atoms with Gasteiger partial charge in [-0.1, -0.05) is 6.07 Å². The van der Waals surface area contributed by atoms with Crippen molar-refractivity contribution in [3.63, 3.8) is 0 Å². The van der Waals surface area contributed by atoms with Gasteiger partial charge >= 0.3 is 11.8 Å². The summed E-state index contributed by atoms with van der Waals surface area (Å²) in [5, 5.41) is 6.57. The molecule has 3 amide bonds. The van der Waals surface area contributed by atoms with Gasteiger partial charge in [0.25, 0.3) is 0 Å². The predicted octanol–water partition coefficient (Wildman–Crippen LogP) is 1.90. The van der Waals surface area contributed by atoms with Gasteiger partial charge in [0.05, 0.1) is 6.42 Å². The van der Waals surface area contributed by atoms with Crippen LogP contribution in [0.5, 0.6) is 0 Å². The molecule has 0 aliphatic rings. The molecule has 2 aromatic rings. The van der Waals surface area contributed by atoms with E-state index in [1.54, 1.807) is 11.5 Å². The van der Waals surface area contributed by atoms with Crippen molar-refractivity contribution in [1.82, 2.24) is 10.9 Å². The Balaban J connectivity index is 2.07. The van der Waals surface area contributed by atoms with Gasteiger partial charge in [0, 0.05) is 23.4 Å². The number of amides is 3. The molecule has 5 N–H and O–H groups in total. The number of carbonyl (C=O) groups excluding carboxylic acids is 4. The number of carbonyl (C=O) groups is 4. The molecular weight excluding hydrogens is 417 g/mol. The topological polar surface area (TPSA) is 143 Å². The maximum absolute atomic E-state index is 13.1. The summed E-state index contributed by atoms with van der Waals surface area (Å²) >= 11 is 0. The van der Waals surface area contributed by atoms with Crippen LogP contribution in [0.1, 0.15) is 40.7 Å². The van der Waals surface area contributed by atoms with Crippen LogP contribution in [0.25, 0.3) is 0 Å². The lowest BCUT2D eigenvalue weighted by atomic mass is 10.0. The molecular formula is C22H24FN5O4. The van der Waals surface area contributed by atoms with Crippen LogP contribution >= 0.6 is 0 Å². The normalized spacial score (nSPS) is 10.9. The van der Waals surface area contributed by atoms with E-state index in [1.165, 1.54) is 12.1 Å². The summed E-state index contributed by atoms with van der Waals surface area (Å²) in [6, 6.07) is 10.4. The molecule has 0 saturated carbocycles. The fourth-order valence-corrected chi connectivity index (χ4v) is 2.65. The number of nitrogens with zero attached hydrogens (tertiary/aromatic N) is 1. The summed E-state index contributed by atoms with van der Waals surface area (Å²) in [6.07, 6.45) is -0.234. The van der Waals surface area contributed by atoms with Crippen LogP contribution in [-0.4, -0.2) is 29.2 Å². The van der Waals surface area contributed by atoms with Crippen molar-refractivity contribution >= 4 is 34.9 Å². The summed E-state index contributed by atoms with van der Waals surface area (Å²) < 4.78 is 13.1. The number of hydrogen-bond acceptors (Lipinski definition) is 6. The molecule has 0 spiro atoms. The molecule has 0 unspecified atom stereocenters. The number of rotatable bonds is 8. The van der Waals surface area contributed by atoms with E-state index < -0.39 is 23.4 Å². The van der Waals surface area contributed by atoms with E-state index in [2.05, 4.69) is 10.4 Å². The van der Waals surface area contributed by atoms with Gasteiger partial charge in [0.15, 0.2) is 5.78 Å². The van der Waals surface area contributed by atoms with Crippen LogP contribution in [0.2, 0.25) is 0 Å². The van der Waals surface area contributed by atoms with Gasteiger partial charge in [0.2, 0.25) is 5.91 Å². The highest BCUT2D eigenvalue weighted by atomic mass is 19.1. The first-order valence-corrected chi connectivity index (χ1v) is 9.71. The SMILES string of the molecule is Cc1ccc(NC(=O)CC/C(CC(=O)c2ccc(F)cc2)=N/NC(=O)C(=O)NN)cc1C. The maximum atomic E-state index is 13.1. The van der Waals surface area contributed by atoms with Gasteiger partial charge in [-0.15, -0.1) is 0 Å². The van der Waals surface area contributed by atoms with E-state index in [-0.39, 0.29) is 36.4 Å². The Hall–Kier alpha value is -3.92. The highest BCUT2D eigenvalue weighted by Gasteiger charge is 2.15. The van der Waals surface area contributed by atoms with Crippen LogP contribution in [0.4, 0.5) is 10.1 Å². The minimum absolute atomic E-state index is 0.0264. The summed E-state index contributed by atoms with van der Waals surface area (Å²) in [7, 11) is 0. The molecule has 0 aliphatic heterocycles. The second kappa shape index (κ2) is 11.5. The molecule has 10 heteroatoms. The Morgan fingerprint density at radius 3 is 2.25 bits per heavy atom. The standard InChI is InChI=1S/C22H24FN5O4/c1-13-3-8-17(11-14(13)2)25-20(30)10-9-18(27-28-22(32)21(31)26-24)12-19(29)15-4-6-16(23)7-5-15/h3-8,11H,9-10,12,24H2,1-2H3,(H,25,30)(H,26,31)(H,28,32)/b27-18-. The van der Waals surface area contributed by atoms with Crippen molar-refractivity contribution in [3.8, 4) is 0 Å². The molecule has 0 heterocycles. The second-order valence-corrected chi connectivity index (χ2v) is 7.05. The summed E-state index contributed by atoms with van der Waals surface area (Å²) in [4.78, 5) is 47.7. The lowest BCUT2D eigenvalue weighted by Gasteiger charge is -2.09. The molecule has 2 rings (SSSR count). The molecule has 0 saturated heterocycles. The van der Waals surface area contributed by atoms with E-state index >= 15 is 0 Å². The van der Waals surface area contributed by atoms with Crippen molar-refractivity contribution in [2.24, 2.45) is 10.9 Å². The third-order valence-corrected chi connectivity index (χ3v) is 4.62. The summed E-state index contributed by atoms with van der Waals surface area (Å²) in [5.74, 6) is 1.45. The summed E-state index contributed by atoms with van der Waals surface area (Å²) in [6.45, 7) is 3.89. The first-order chi connectivity index (χ1) is 15.2. The zero-order chi connectivity index (χ0) is 23.7. The van der Waals surface area contributed by atoms with Crippen LogP contribution < -0.4 is 22.0 Å². The van der Waals surface area contributed by atoms with Gasteiger partial charge in [-0.2, -0.15) is 5.10 Å². The molecule has 0 radical (unpaired) electrons. The average Bonchev–Trinajstić information content (AvgIpc) is 2.77. The van der Waals surface area contributed by atoms with E-state index in [0.717, 1.165) is 23.3 Å². The largest absolute Gasteiger partial charge is 0.330 e. The number of nitrogens with two attached hydrogens (primary N) is 1. The molecule has 0 fully saturated rings. The fourth-order valence-electron chi connectivity index (χ4n) is 2.65. The maximum Gasteiger partial charge on any atom is 0.330 e. The van der Waals surface area contributed by atoms with Crippen molar-refractivity contribution in [1.29, 1.82) is 0 Å². The smallest absolute Gasteiger partial charge is 0.326 e. The Morgan fingerprint density at radius 1 is 0.938 bits per heavy atom. The third-order valence-electron chi connectivity index (χ3n) is 4.62. The monoisotopic (exact) mass is 441 g/mol. The van der Waals surface area contributed by atoms with E-state index in [1.807, 2.05) is 31.4 Å². The predicted molar refractivity (Wildman–Crippen MR) is 117 cm³/mol. The molecule has 0 bridgehead atoms. The van der Waals surface area contributed by atoms with Crippen molar-refractivity contribution < 1.29 is 23.6 Å². The second-order valence-electron chi connectivity index (χ2n) is 7.05. The number of Topliss-reactive ketones (excluding diaryl/α,β-unsaturated/α-hetero) is 1. The van der Waals surface area contributed by atoms with Crippen molar-refractivity contribution in [2.45, 2.75) is 33.1 Å². The highest BCUT2D eigenvalue weighted by molar-refractivity contribution is 6.35. The van der Waals surface area contributed by atoms with Gasteiger partial charge in [-0.25, -0.2) is 15.7 Å². The molecule has 9 nitrogen and oxygen atoms in total. The van der Waals surface area contributed by atoms with Crippen molar-refractivity contribution in [2.75, 3.05) is 5.32 Å². The van der Waals surface area contributed by atoms with Gasteiger partial charge < -0.3 is 5.32 Å².